The molecule has 6 N–H and O–H groups in total. The number of rotatable bonds is 10. The lowest BCUT2D eigenvalue weighted by Crippen LogP contribution is -2.32. The minimum atomic E-state index is -4.01. The molecule has 0 amide bonds. The second-order valence-electron chi connectivity index (χ2n) is 12.4. The van der Waals surface area contributed by atoms with E-state index in [1.165, 1.54) is 24.3 Å². The van der Waals surface area contributed by atoms with E-state index in [2.05, 4.69) is 0 Å². The van der Waals surface area contributed by atoms with Crippen LogP contribution in [0.3, 0.4) is 0 Å². The number of aliphatic hydroxyl groups is 2. The van der Waals surface area contributed by atoms with Gasteiger partial charge in [0.1, 0.15) is 0 Å². The summed E-state index contributed by atoms with van der Waals surface area (Å²) < 4.78 is 56.1. The summed E-state index contributed by atoms with van der Waals surface area (Å²) in [6.45, 7) is 4.15. The van der Waals surface area contributed by atoms with Crippen molar-refractivity contribution in [2.45, 2.75) is 86.2 Å². The van der Waals surface area contributed by atoms with Crippen molar-refractivity contribution in [2.75, 3.05) is 13.2 Å². The summed E-state index contributed by atoms with van der Waals surface area (Å²) in [7, 11) is -8.02. The Morgan fingerprint density at radius 2 is 1.02 bits per heavy atom. The third-order valence-electron chi connectivity index (χ3n) is 8.23. The first-order valence-corrected chi connectivity index (χ1v) is 17.6. The fourth-order valence-electron chi connectivity index (χ4n) is 5.23. The summed E-state index contributed by atoms with van der Waals surface area (Å²) in [5.41, 5.74) is -2.17. The minimum Gasteiger partial charge on any atom is -0.487 e. The van der Waals surface area contributed by atoms with Crippen molar-refractivity contribution in [1.82, 2.24) is 0 Å². The van der Waals surface area contributed by atoms with Crippen molar-refractivity contribution in [1.29, 1.82) is 0 Å². The second kappa shape index (κ2) is 14.6. The van der Waals surface area contributed by atoms with E-state index in [0.29, 0.717) is 25.7 Å². The van der Waals surface area contributed by atoms with Crippen LogP contribution in [-0.4, -0.2) is 61.3 Å². The smallest absolute Gasteiger partial charge is 0.312 e. The fraction of sp³-hybridized carbons (Fsp3) is 0.571. The number of nitro benzene ring substituents is 2. The van der Waals surface area contributed by atoms with E-state index in [4.69, 9.17) is 19.8 Å². The first kappa shape index (κ1) is 37.0. The van der Waals surface area contributed by atoms with E-state index in [-0.39, 0.29) is 46.3 Å². The average Bonchev–Trinajstić information content (AvgIpc) is 2.95. The Bertz CT molecular complexity index is 1500. The van der Waals surface area contributed by atoms with E-state index >= 15 is 0 Å². The van der Waals surface area contributed by atoms with Gasteiger partial charge >= 0.3 is 11.4 Å². The zero-order valence-corrected chi connectivity index (χ0v) is 27.2. The minimum absolute atomic E-state index is 0.0136. The molecule has 2 aliphatic rings. The molecule has 0 unspecified atom stereocenters. The van der Waals surface area contributed by atoms with E-state index in [0.717, 1.165) is 37.8 Å². The standard InChI is InChI=1S/2C14H20N2O6S/c2*1-14(17)6-4-10(5-7-14)9-22-13-3-2-11(23(15,20)21)8-12(13)16(18)19/h2*2-3,8,10,17H,4-7,9H2,1H3,(H2,15,20,21). The molecular formula is C28H40N4O12S2. The predicted molar refractivity (Wildman–Crippen MR) is 165 cm³/mol. The Labute approximate surface area is 267 Å². The first-order valence-electron chi connectivity index (χ1n) is 14.5. The van der Waals surface area contributed by atoms with Crippen LogP contribution in [0.15, 0.2) is 46.2 Å². The van der Waals surface area contributed by atoms with Gasteiger partial charge in [0.15, 0.2) is 11.5 Å². The highest BCUT2D eigenvalue weighted by Gasteiger charge is 2.31. The largest absolute Gasteiger partial charge is 0.487 e. The van der Waals surface area contributed by atoms with Gasteiger partial charge in [0, 0.05) is 12.1 Å². The molecule has 2 aromatic carbocycles. The SMILES string of the molecule is CC1(O)CCC(COc2ccc(S(N)(=O)=O)cc2[N+](=O)[O-])CC1.CC1(O)CCC(COc2ccc(S(N)(=O)=O)cc2[N+](=O)[O-])CC1. The van der Waals surface area contributed by atoms with E-state index in [1.807, 2.05) is 0 Å². The molecule has 2 saturated carbocycles. The average molecular weight is 689 g/mol. The molecule has 16 nitrogen and oxygen atoms in total. The van der Waals surface area contributed by atoms with E-state index in [9.17, 15) is 47.3 Å². The zero-order valence-electron chi connectivity index (χ0n) is 25.5. The highest BCUT2D eigenvalue weighted by Crippen LogP contribution is 2.36. The lowest BCUT2D eigenvalue weighted by molar-refractivity contribution is -0.386. The third kappa shape index (κ3) is 10.8. The number of benzene rings is 2. The number of sulfonamides is 2. The van der Waals surface area contributed by atoms with Crippen LogP contribution >= 0.6 is 0 Å². The lowest BCUT2D eigenvalue weighted by atomic mass is 9.80. The highest BCUT2D eigenvalue weighted by atomic mass is 32.2. The zero-order chi connectivity index (χ0) is 34.5. The predicted octanol–water partition coefficient (Wildman–Crippen LogP) is 3.12. The summed E-state index contributed by atoms with van der Waals surface area (Å²) in [6, 6.07) is 6.66. The number of nitrogens with two attached hydrogens (primary N) is 2. The topological polar surface area (TPSA) is 266 Å². The number of hydrogen-bond donors (Lipinski definition) is 4. The molecule has 4 rings (SSSR count). The van der Waals surface area contributed by atoms with Crippen molar-refractivity contribution in [3.8, 4) is 11.5 Å². The molecule has 0 radical (unpaired) electrons. The molecule has 256 valence electrons. The molecule has 18 heteroatoms. The van der Waals surface area contributed by atoms with Gasteiger partial charge in [0.25, 0.3) is 0 Å². The van der Waals surface area contributed by atoms with Crippen LogP contribution in [0.25, 0.3) is 0 Å². The lowest BCUT2D eigenvalue weighted by Gasteiger charge is -2.32. The Morgan fingerprint density at radius 1 is 0.717 bits per heavy atom. The van der Waals surface area contributed by atoms with Crippen LogP contribution in [0.5, 0.6) is 11.5 Å². The molecule has 46 heavy (non-hydrogen) atoms. The molecule has 0 spiro atoms. The Balaban J connectivity index is 0.000000250. The Hall–Kier alpha value is -3.42. The molecular weight excluding hydrogens is 648 g/mol. The van der Waals surface area contributed by atoms with Crippen molar-refractivity contribution < 1.29 is 46.4 Å². The number of nitrogens with zero attached hydrogens (tertiary/aromatic N) is 2. The Morgan fingerprint density at radius 3 is 1.28 bits per heavy atom. The summed E-state index contributed by atoms with van der Waals surface area (Å²) in [6.07, 6.45) is 5.74. The van der Waals surface area contributed by atoms with Crippen molar-refractivity contribution in [3.05, 3.63) is 56.6 Å². The van der Waals surface area contributed by atoms with Gasteiger partial charge < -0.3 is 19.7 Å². The van der Waals surface area contributed by atoms with Gasteiger partial charge in [0.2, 0.25) is 20.0 Å². The van der Waals surface area contributed by atoms with Crippen molar-refractivity contribution in [2.24, 2.45) is 22.1 Å². The third-order valence-corrected chi connectivity index (χ3v) is 10.0. The molecule has 0 aromatic heterocycles. The number of hydrogen-bond acceptors (Lipinski definition) is 12. The fourth-order valence-corrected chi connectivity index (χ4v) is 6.29. The van der Waals surface area contributed by atoms with Crippen LogP contribution in [0, 0.1) is 32.1 Å². The normalized spacial score (nSPS) is 25.1. The summed E-state index contributed by atoms with van der Waals surface area (Å²) in [5.74, 6) is 0.431. The maximum atomic E-state index is 11.3. The molecule has 0 atom stereocenters. The van der Waals surface area contributed by atoms with Crippen LogP contribution < -0.4 is 19.8 Å². The molecule has 0 aliphatic heterocycles. The van der Waals surface area contributed by atoms with Crippen molar-refractivity contribution in [3.63, 3.8) is 0 Å². The van der Waals surface area contributed by atoms with Crippen LogP contribution in [0.2, 0.25) is 0 Å². The molecule has 0 bridgehead atoms. The molecule has 0 saturated heterocycles. The summed E-state index contributed by atoms with van der Waals surface area (Å²) >= 11 is 0. The summed E-state index contributed by atoms with van der Waals surface area (Å²) in [4.78, 5) is 20.1. The summed E-state index contributed by atoms with van der Waals surface area (Å²) in [5, 5.41) is 51.9. The van der Waals surface area contributed by atoms with E-state index < -0.39 is 52.5 Å². The maximum Gasteiger partial charge on any atom is 0.312 e. The molecule has 0 heterocycles. The highest BCUT2D eigenvalue weighted by molar-refractivity contribution is 7.89. The molecule has 2 aliphatic carbocycles. The number of nitro groups is 2. The van der Waals surface area contributed by atoms with Gasteiger partial charge in [-0.05, 0) is 101 Å². The molecule has 2 fully saturated rings. The van der Waals surface area contributed by atoms with Gasteiger partial charge in [-0.2, -0.15) is 0 Å². The maximum absolute atomic E-state index is 11.3. The quantitative estimate of drug-likeness (QED) is 0.207. The number of primary sulfonamides is 2. The van der Waals surface area contributed by atoms with Gasteiger partial charge in [0.05, 0.1) is 44.1 Å². The van der Waals surface area contributed by atoms with Crippen molar-refractivity contribution >= 4 is 31.4 Å². The van der Waals surface area contributed by atoms with Gasteiger partial charge in [-0.25, -0.2) is 27.1 Å². The van der Waals surface area contributed by atoms with Gasteiger partial charge in [-0.15, -0.1) is 0 Å². The monoisotopic (exact) mass is 688 g/mol. The molecule has 2 aromatic rings. The first-order chi connectivity index (χ1) is 21.2. The van der Waals surface area contributed by atoms with Crippen LogP contribution in [-0.2, 0) is 20.0 Å². The second-order valence-corrected chi connectivity index (χ2v) is 15.5. The van der Waals surface area contributed by atoms with Gasteiger partial charge in [-0.1, -0.05) is 0 Å². The van der Waals surface area contributed by atoms with Crippen LogP contribution in [0.1, 0.15) is 65.2 Å². The Kier molecular flexibility index (Phi) is 11.7. The number of ether oxygens (including phenoxy) is 2. The van der Waals surface area contributed by atoms with E-state index in [1.54, 1.807) is 13.8 Å². The van der Waals surface area contributed by atoms with Crippen LogP contribution in [0.4, 0.5) is 11.4 Å². The van der Waals surface area contributed by atoms with Gasteiger partial charge in [-0.3, -0.25) is 20.2 Å².